The van der Waals surface area contributed by atoms with E-state index in [1.54, 1.807) is 24.3 Å². The molecular weight excluding hydrogens is 322 g/mol. The van der Waals surface area contributed by atoms with Gasteiger partial charge in [0.1, 0.15) is 11.9 Å². The molecule has 1 aliphatic heterocycles. The third kappa shape index (κ3) is 5.46. The summed E-state index contributed by atoms with van der Waals surface area (Å²) in [6.45, 7) is 5.20. The van der Waals surface area contributed by atoms with Gasteiger partial charge in [-0.3, -0.25) is 9.59 Å². The van der Waals surface area contributed by atoms with Crippen molar-refractivity contribution in [3.63, 3.8) is 0 Å². The third-order valence-electron chi connectivity index (χ3n) is 4.81. The van der Waals surface area contributed by atoms with Crippen molar-refractivity contribution in [2.24, 2.45) is 0 Å². The lowest BCUT2D eigenvalue weighted by atomic mass is 9.88. The highest BCUT2D eigenvalue weighted by Crippen LogP contribution is 2.22. The Hall–Kier alpha value is -2.08. The minimum atomic E-state index is -0.913. The number of aliphatic carboxylic acids is 1. The molecule has 0 atom stereocenters. The summed E-state index contributed by atoms with van der Waals surface area (Å²) < 4.78 is 11.2. The van der Waals surface area contributed by atoms with Gasteiger partial charge in [0.25, 0.3) is 5.91 Å². The predicted octanol–water partition coefficient (Wildman–Crippen LogP) is 3.01. The molecule has 0 radical (unpaired) electrons. The van der Waals surface area contributed by atoms with E-state index in [-0.39, 0.29) is 18.4 Å². The quantitative estimate of drug-likeness (QED) is 0.753. The highest BCUT2D eigenvalue weighted by molar-refractivity contribution is 5.95. The van der Waals surface area contributed by atoms with Crippen LogP contribution in [0.15, 0.2) is 24.3 Å². The standard InChI is InChI=1S/C19H27NO5/c1-3-19(4-2,13-17(21)22)20-18(23)14-5-7-15(8-6-14)25-16-9-11-24-12-10-16/h5-8,16H,3-4,9-13H2,1-2H3,(H,20,23)(H,21,22). The second-order valence-electron chi connectivity index (χ2n) is 6.47. The Kier molecular flexibility index (Phi) is 6.82. The van der Waals surface area contributed by atoms with Gasteiger partial charge in [0, 0.05) is 18.4 Å². The maximum absolute atomic E-state index is 12.5. The van der Waals surface area contributed by atoms with Crippen molar-refractivity contribution in [3.8, 4) is 5.75 Å². The van der Waals surface area contributed by atoms with Crippen LogP contribution in [0, 0.1) is 0 Å². The Morgan fingerprint density at radius 3 is 2.32 bits per heavy atom. The summed E-state index contributed by atoms with van der Waals surface area (Å²) in [6.07, 6.45) is 2.92. The molecule has 1 saturated heterocycles. The Labute approximate surface area is 148 Å². The average molecular weight is 349 g/mol. The molecule has 1 aromatic rings. The molecular formula is C19H27NO5. The first-order valence-electron chi connectivity index (χ1n) is 8.87. The predicted molar refractivity (Wildman–Crippen MR) is 93.9 cm³/mol. The van der Waals surface area contributed by atoms with Crippen LogP contribution in [-0.2, 0) is 9.53 Å². The van der Waals surface area contributed by atoms with E-state index in [0.717, 1.165) is 18.6 Å². The lowest BCUT2D eigenvalue weighted by Gasteiger charge is -2.31. The number of benzene rings is 1. The second-order valence-corrected chi connectivity index (χ2v) is 6.47. The lowest BCUT2D eigenvalue weighted by Crippen LogP contribution is -2.49. The Bertz CT molecular complexity index is 574. The van der Waals surface area contributed by atoms with Gasteiger partial charge >= 0.3 is 5.97 Å². The summed E-state index contributed by atoms with van der Waals surface area (Å²) in [6, 6.07) is 6.98. The van der Waals surface area contributed by atoms with E-state index in [1.807, 2.05) is 13.8 Å². The molecule has 0 spiro atoms. The van der Waals surface area contributed by atoms with Gasteiger partial charge in [0.15, 0.2) is 0 Å². The molecule has 1 fully saturated rings. The minimum Gasteiger partial charge on any atom is -0.490 e. The molecule has 1 amide bonds. The summed E-state index contributed by atoms with van der Waals surface area (Å²) in [7, 11) is 0. The summed E-state index contributed by atoms with van der Waals surface area (Å²) in [4.78, 5) is 23.6. The zero-order valence-electron chi connectivity index (χ0n) is 14.9. The van der Waals surface area contributed by atoms with Gasteiger partial charge in [-0.05, 0) is 37.1 Å². The second kappa shape index (κ2) is 8.85. The van der Waals surface area contributed by atoms with Crippen LogP contribution in [0.1, 0.15) is 56.3 Å². The highest BCUT2D eigenvalue weighted by Gasteiger charge is 2.31. The van der Waals surface area contributed by atoms with Crippen molar-refractivity contribution in [1.82, 2.24) is 5.32 Å². The summed E-state index contributed by atoms with van der Waals surface area (Å²) in [5, 5.41) is 12.0. The number of carbonyl (C=O) groups excluding carboxylic acids is 1. The van der Waals surface area contributed by atoms with Crippen molar-refractivity contribution in [3.05, 3.63) is 29.8 Å². The van der Waals surface area contributed by atoms with E-state index >= 15 is 0 Å². The fourth-order valence-electron chi connectivity index (χ4n) is 2.99. The summed E-state index contributed by atoms with van der Waals surface area (Å²) in [5.74, 6) is -0.446. The molecule has 1 aliphatic rings. The van der Waals surface area contributed by atoms with Crippen molar-refractivity contribution < 1.29 is 24.2 Å². The van der Waals surface area contributed by atoms with Crippen LogP contribution in [0.3, 0.4) is 0 Å². The number of carboxylic acids is 1. The van der Waals surface area contributed by atoms with Gasteiger partial charge in [0.2, 0.25) is 0 Å². The number of nitrogens with one attached hydrogen (secondary N) is 1. The number of rotatable bonds is 8. The van der Waals surface area contributed by atoms with Gasteiger partial charge in [-0.2, -0.15) is 0 Å². The maximum Gasteiger partial charge on any atom is 0.305 e. The van der Waals surface area contributed by atoms with E-state index in [0.29, 0.717) is 31.6 Å². The normalized spacial score (nSPS) is 15.6. The average Bonchev–Trinajstić information content (AvgIpc) is 2.62. The van der Waals surface area contributed by atoms with Gasteiger partial charge in [-0.1, -0.05) is 13.8 Å². The largest absolute Gasteiger partial charge is 0.490 e. The van der Waals surface area contributed by atoms with Gasteiger partial charge in [-0.25, -0.2) is 0 Å². The minimum absolute atomic E-state index is 0.0866. The fourth-order valence-corrected chi connectivity index (χ4v) is 2.99. The molecule has 0 unspecified atom stereocenters. The highest BCUT2D eigenvalue weighted by atomic mass is 16.5. The molecule has 0 saturated carbocycles. The Morgan fingerprint density at radius 2 is 1.80 bits per heavy atom. The number of hydrogen-bond donors (Lipinski definition) is 2. The molecule has 1 aromatic carbocycles. The summed E-state index contributed by atoms with van der Waals surface area (Å²) >= 11 is 0. The van der Waals surface area contributed by atoms with Crippen LogP contribution in [-0.4, -0.2) is 41.8 Å². The molecule has 0 aromatic heterocycles. The number of carboxylic acid groups (broad SMARTS) is 1. The van der Waals surface area contributed by atoms with Gasteiger partial charge in [-0.15, -0.1) is 0 Å². The van der Waals surface area contributed by atoms with E-state index in [9.17, 15) is 9.59 Å². The monoisotopic (exact) mass is 349 g/mol. The lowest BCUT2D eigenvalue weighted by molar-refractivity contribution is -0.138. The van der Waals surface area contributed by atoms with Crippen LogP contribution < -0.4 is 10.1 Å². The molecule has 6 nitrogen and oxygen atoms in total. The van der Waals surface area contributed by atoms with E-state index < -0.39 is 11.5 Å². The van der Waals surface area contributed by atoms with E-state index in [1.165, 1.54) is 0 Å². The fraction of sp³-hybridized carbons (Fsp3) is 0.579. The molecule has 0 aliphatic carbocycles. The summed E-state index contributed by atoms with van der Waals surface area (Å²) in [5.41, 5.74) is -0.226. The zero-order valence-corrected chi connectivity index (χ0v) is 14.9. The van der Waals surface area contributed by atoms with E-state index in [4.69, 9.17) is 14.6 Å². The van der Waals surface area contributed by atoms with Crippen molar-refractivity contribution >= 4 is 11.9 Å². The Balaban J connectivity index is 2.00. The first kappa shape index (κ1) is 19.2. The molecule has 138 valence electrons. The Morgan fingerprint density at radius 1 is 1.20 bits per heavy atom. The van der Waals surface area contributed by atoms with Crippen LogP contribution >= 0.6 is 0 Å². The zero-order chi connectivity index (χ0) is 18.3. The first-order chi connectivity index (χ1) is 12.0. The van der Waals surface area contributed by atoms with Crippen molar-refractivity contribution in [2.45, 2.75) is 57.6 Å². The number of carbonyl (C=O) groups is 2. The molecule has 6 heteroatoms. The van der Waals surface area contributed by atoms with Crippen LogP contribution in [0.4, 0.5) is 0 Å². The smallest absolute Gasteiger partial charge is 0.305 e. The molecule has 25 heavy (non-hydrogen) atoms. The SMILES string of the molecule is CCC(CC)(CC(=O)O)NC(=O)c1ccc(OC2CCOCC2)cc1. The third-order valence-corrected chi connectivity index (χ3v) is 4.81. The molecule has 0 bridgehead atoms. The molecule has 2 rings (SSSR count). The van der Waals surface area contributed by atoms with Gasteiger partial charge in [0.05, 0.1) is 25.2 Å². The van der Waals surface area contributed by atoms with Crippen LogP contribution in [0.25, 0.3) is 0 Å². The van der Waals surface area contributed by atoms with Crippen molar-refractivity contribution in [1.29, 1.82) is 0 Å². The first-order valence-corrected chi connectivity index (χ1v) is 8.87. The molecule has 2 N–H and O–H groups in total. The topological polar surface area (TPSA) is 84.9 Å². The van der Waals surface area contributed by atoms with Crippen molar-refractivity contribution in [2.75, 3.05) is 13.2 Å². The van der Waals surface area contributed by atoms with Gasteiger partial charge < -0.3 is 19.9 Å². The maximum atomic E-state index is 12.5. The number of amides is 1. The van der Waals surface area contributed by atoms with E-state index in [2.05, 4.69) is 5.32 Å². The van der Waals surface area contributed by atoms with Crippen LogP contribution in [0.2, 0.25) is 0 Å². The number of ether oxygens (including phenoxy) is 2. The number of hydrogen-bond acceptors (Lipinski definition) is 4. The molecule has 1 heterocycles. The van der Waals surface area contributed by atoms with Crippen LogP contribution in [0.5, 0.6) is 5.75 Å².